The first-order valence-corrected chi connectivity index (χ1v) is 7.62. The molecule has 0 fully saturated rings. The number of nitrogens with zero attached hydrogens (tertiary/aromatic N) is 1. The Morgan fingerprint density at radius 2 is 1.83 bits per heavy atom. The second kappa shape index (κ2) is 8.05. The number of nitrogens with one attached hydrogen (secondary N) is 2. The second-order valence-electron chi connectivity index (χ2n) is 5.45. The summed E-state index contributed by atoms with van der Waals surface area (Å²) in [6.45, 7) is 3.87. The number of nitro benzene ring substituents is 1. The average Bonchev–Trinajstić information content (AvgIpc) is 2.59. The van der Waals surface area contributed by atoms with E-state index in [1.807, 2.05) is 12.2 Å². The first-order valence-electron chi connectivity index (χ1n) is 7.62. The van der Waals surface area contributed by atoms with Crippen LogP contribution >= 0.6 is 0 Å². The fraction of sp³-hybridized carbons (Fsp3) is 0.294. The van der Waals surface area contributed by atoms with Crippen LogP contribution in [0.25, 0.3) is 0 Å². The predicted octanol–water partition coefficient (Wildman–Crippen LogP) is 2.42. The molecule has 1 aliphatic carbocycles. The van der Waals surface area contributed by atoms with E-state index in [9.17, 15) is 19.7 Å². The van der Waals surface area contributed by atoms with E-state index < -0.39 is 22.7 Å². The van der Waals surface area contributed by atoms with Gasteiger partial charge in [-0.2, -0.15) is 0 Å². The fourth-order valence-corrected chi connectivity index (χ4v) is 2.66. The third kappa shape index (κ3) is 4.07. The van der Waals surface area contributed by atoms with Gasteiger partial charge in [-0.05, 0) is 18.9 Å². The Balaban J connectivity index is 2.15. The number of carbonyl (C=O) groups is 2. The molecule has 0 saturated carbocycles. The molecule has 2 N–H and O–H groups in total. The van der Waals surface area contributed by atoms with Gasteiger partial charge in [-0.25, -0.2) is 0 Å². The van der Waals surface area contributed by atoms with Crippen molar-refractivity contribution in [2.24, 2.45) is 11.8 Å². The molecule has 0 radical (unpaired) electrons. The molecule has 2 rings (SSSR count). The van der Waals surface area contributed by atoms with Crippen molar-refractivity contribution in [3.63, 3.8) is 0 Å². The van der Waals surface area contributed by atoms with Gasteiger partial charge in [0.15, 0.2) is 0 Å². The summed E-state index contributed by atoms with van der Waals surface area (Å²) in [5, 5.41) is 16.3. The smallest absolute Gasteiger partial charge is 0.292 e. The maximum Gasteiger partial charge on any atom is 0.292 e. The molecular weight excluding hydrogens is 310 g/mol. The maximum atomic E-state index is 12.6. The van der Waals surface area contributed by atoms with Gasteiger partial charge in [0.1, 0.15) is 5.69 Å². The van der Waals surface area contributed by atoms with Crippen molar-refractivity contribution in [3.8, 4) is 0 Å². The zero-order chi connectivity index (χ0) is 17.5. The molecule has 0 heterocycles. The van der Waals surface area contributed by atoms with Crippen LogP contribution in [0.1, 0.15) is 12.8 Å². The van der Waals surface area contributed by atoms with E-state index in [4.69, 9.17) is 0 Å². The monoisotopic (exact) mass is 329 g/mol. The fourth-order valence-electron chi connectivity index (χ4n) is 2.66. The number of para-hydroxylation sites is 2. The van der Waals surface area contributed by atoms with Crippen molar-refractivity contribution in [1.82, 2.24) is 5.32 Å². The standard InChI is InChI=1S/C17H19N3O4/c1-2-11-18-16(21)12-7-3-4-8-13(12)17(22)19-14-9-5-6-10-15(14)20(23)24/h2-6,9-10,12-13H,1,7-8,11H2,(H,18,21)(H,19,22)/t12-,13-/m1/s1. The topological polar surface area (TPSA) is 101 Å². The number of benzene rings is 1. The third-order valence-corrected chi connectivity index (χ3v) is 3.89. The maximum absolute atomic E-state index is 12.6. The Kier molecular flexibility index (Phi) is 5.83. The largest absolute Gasteiger partial charge is 0.352 e. The van der Waals surface area contributed by atoms with Gasteiger partial charge in [0.05, 0.1) is 16.8 Å². The van der Waals surface area contributed by atoms with Crippen molar-refractivity contribution < 1.29 is 14.5 Å². The van der Waals surface area contributed by atoms with Gasteiger partial charge in [-0.3, -0.25) is 19.7 Å². The van der Waals surface area contributed by atoms with Crippen molar-refractivity contribution in [2.75, 3.05) is 11.9 Å². The van der Waals surface area contributed by atoms with E-state index in [0.717, 1.165) is 0 Å². The lowest BCUT2D eigenvalue weighted by Crippen LogP contribution is -2.40. The second-order valence-corrected chi connectivity index (χ2v) is 5.45. The van der Waals surface area contributed by atoms with Crippen LogP contribution in [0.3, 0.4) is 0 Å². The minimum Gasteiger partial charge on any atom is -0.352 e. The zero-order valence-electron chi connectivity index (χ0n) is 13.1. The highest BCUT2D eigenvalue weighted by atomic mass is 16.6. The van der Waals surface area contributed by atoms with E-state index in [2.05, 4.69) is 17.2 Å². The summed E-state index contributed by atoms with van der Waals surface area (Å²) in [7, 11) is 0. The summed E-state index contributed by atoms with van der Waals surface area (Å²) in [5.74, 6) is -1.69. The number of allylic oxidation sites excluding steroid dienone is 2. The van der Waals surface area contributed by atoms with E-state index in [-0.39, 0.29) is 17.3 Å². The van der Waals surface area contributed by atoms with Crippen LogP contribution in [0, 0.1) is 22.0 Å². The molecule has 1 aliphatic rings. The Morgan fingerprint density at radius 3 is 2.46 bits per heavy atom. The molecule has 2 atom stereocenters. The molecule has 0 bridgehead atoms. The first-order chi connectivity index (χ1) is 11.5. The molecule has 0 aliphatic heterocycles. The van der Waals surface area contributed by atoms with Crippen molar-refractivity contribution in [2.45, 2.75) is 12.8 Å². The summed E-state index contributed by atoms with van der Waals surface area (Å²) in [6.07, 6.45) is 6.16. The molecule has 0 saturated heterocycles. The Hall–Kier alpha value is -2.96. The highest BCUT2D eigenvalue weighted by Gasteiger charge is 2.34. The lowest BCUT2D eigenvalue weighted by Gasteiger charge is -2.26. The van der Waals surface area contributed by atoms with Gasteiger partial charge in [0.25, 0.3) is 5.69 Å². The molecular formula is C17H19N3O4. The van der Waals surface area contributed by atoms with E-state index in [0.29, 0.717) is 19.4 Å². The van der Waals surface area contributed by atoms with Crippen LogP contribution in [0.2, 0.25) is 0 Å². The average molecular weight is 329 g/mol. The highest BCUT2D eigenvalue weighted by Crippen LogP contribution is 2.29. The number of anilines is 1. The normalized spacial score (nSPS) is 19.3. The quantitative estimate of drug-likeness (QED) is 0.475. The lowest BCUT2D eigenvalue weighted by atomic mass is 9.81. The lowest BCUT2D eigenvalue weighted by molar-refractivity contribution is -0.383. The van der Waals surface area contributed by atoms with Crippen LogP contribution in [-0.2, 0) is 9.59 Å². The molecule has 0 spiro atoms. The molecule has 0 aromatic heterocycles. The van der Waals surface area contributed by atoms with Gasteiger partial charge >= 0.3 is 0 Å². The van der Waals surface area contributed by atoms with E-state index >= 15 is 0 Å². The van der Waals surface area contributed by atoms with Crippen molar-refractivity contribution in [3.05, 3.63) is 59.2 Å². The number of hydrogen-bond donors (Lipinski definition) is 2. The van der Waals surface area contributed by atoms with Crippen LogP contribution in [0.4, 0.5) is 11.4 Å². The summed E-state index contributed by atoms with van der Waals surface area (Å²) >= 11 is 0. The molecule has 1 aromatic rings. The minimum absolute atomic E-state index is 0.132. The number of amides is 2. The summed E-state index contributed by atoms with van der Waals surface area (Å²) in [4.78, 5) is 35.3. The number of carbonyl (C=O) groups excluding carboxylic acids is 2. The molecule has 126 valence electrons. The van der Waals surface area contributed by atoms with Crippen LogP contribution in [0.15, 0.2) is 49.1 Å². The molecule has 7 nitrogen and oxygen atoms in total. The molecule has 24 heavy (non-hydrogen) atoms. The molecule has 2 amide bonds. The molecule has 0 unspecified atom stereocenters. The van der Waals surface area contributed by atoms with Crippen molar-refractivity contribution >= 4 is 23.2 Å². The minimum atomic E-state index is -0.570. The van der Waals surface area contributed by atoms with E-state index in [1.165, 1.54) is 18.2 Å². The first kappa shape index (κ1) is 17.4. The number of nitro groups is 1. The Morgan fingerprint density at radius 1 is 1.21 bits per heavy atom. The molecule has 7 heteroatoms. The SMILES string of the molecule is C=CCNC(=O)[C@@H]1CC=CC[C@H]1C(=O)Nc1ccccc1[N+](=O)[O-]. The van der Waals surface area contributed by atoms with Crippen LogP contribution in [0.5, 0.6) is 0 Å². The summed E-state index contributed by atoms with van der Waals surface area (Å²) in [5.41, 5.74) is -0.0443. The number of rotatable bonds is 6. The van der Waals surface area contributed by atoms with Gasteiger partial charge < -0.3 is 10.6 Å². The van der Waals surface area contributed by atoms with Crippen molar-refractivity contribution in [1.29, 1.82) is 0 Å². The summed E-state index contributed by atoms with van der Waals surface area (Å²) in [6, 6.07) is 5.94. The highest BCUT2D eigenvalue weighted by molar-refractivity contribution is 5.97. The van der Waals surface area contributed by atoms with Gasteiger partial charge in [0.2, 0.25) is 11.8 Å². The van der Waals surface area contributed by atoms with Gasteiger partial charge in [-0.1, -0.05) is 30.4 Å². The third-order valence-electron chi connectivity index (χ3n) is 3.89. The molecule has 1 aromatic carbocycles. The van der Waals surface area contributed by atoms with Gasteiger partial charge in [0, 0.05) is 12.6 Å². The zero-order valence-corrected chi connectivity index (χ0v) is 13.1. The van der Waals surface area contributed by atoms with Crippen LogP contribution in [-0.4, -0.2) is 23.3 Å². The Labute approximate surface area is 139 Å². The van der Waals surface area contributed by atoms with Gasteiger partial charge in [-0.15, -0.1) is 6.58 Å². The number of hydrogen-bond acceptors (Lipinski definition) is 4. The predicted molar refractivity (Wildman–Crippen MR) is 90.3 cm³/mol. The van der Waals surface area contributed by atoms with E-state index in [1.54, 1.807) is 12.1 Å². The summed E-state index contributed by atoms with van der Waals surface area (Å²) < 4.78 is 0. The Bertz CT molecular complexity index is 684. The van der Waals surface area contributed by atoms with Crippen LogP contribution < -0.4 is 10.6 Å².